The number of hydrogen-bond donors (Lipinski definition) is 0. The van der Waals surface area contributed by atoms with Crippen LogP contribution in [0.4, 0.5) is 0 Å². The number of furan rings is 1. The van der Waals surface area contributed by atoms with Crippen molar-refractivity contribution in [3.8, 4) is 23.5 Å². The number of fused-ring (bicyclic) bond motifs is 3. The van der Waals surface area contributed by atoms with E-state index in [1.165, 1.54) is 11.3 Å². The number of allylic oxidation sites excluding steroid dienone is 3. The molecule has 1 aliphatic carbocycles. The number of hydrogen-bond acceptors (Lipinski definition) is 5. The number of benzene rings is 3. The van der Waals surface area contributed by atoms with Gasteiger partial charge < -0.3 is 4.42 Å². The first-order valence-electron chi connectivity index (χ1n) is 10.6. The van der Waals surface area contributed by atoms with Gasteiger partial charge in [0.2, 0.25) is 0 Å². The number of Topliss-reactive ketones (excluding diaryl/α,β-unsaturated/α-hetero) is 1. The van der Waals surface area contributed by atoms with Crippen molar-refractivity contribution in [3.05, 3.63) is 106 Å². The van der Waals surface area contributed by atoms with Gasteiger partial charge in [-0.25, -0.2) is 0 Å². The SMILES string of the molecule is N#CC(C#N)=C1/C(=C/c2cc3oc(-c4cccc5ccccc45)cc3s2)C(=O)c2ccccc21. The van der Waals surface area contributed by atoms with Crippen LogP contribution in [0.25, 0.3) is 44.0 Å². The van der Waals surface area contributed by atoms with E-state index in [9.17, 15) is 15.3 Å². The summed E-state index contributed by atoms with van der Waals surface area (Å²) in [7, 11) is 0. The second kappa shape index (κ2) is 7.71. The van der Waals surface area contributed by atoms with Crippen LogP contribution in [0.1, 0.15) is 20.8 Å². The normalized spacial score (nSPS) is 13.9. The van der Waals surface area contributed by atoms with Crippen molar-refractivity contribution in [3.63, 3.8) is 0 Å². The molecule has 0 saturated carbocycles. The fraction of sp³-hybridized carbons (Fsp3) is 0. The second-order valence-corrected chi connectivity index (χ2v) is 9.04. The molecule has 4 nitrogen and oxygen atoms in total. The number of thiophene rings is 1. The smallest absolute Gasteiger partial charge is 0.194 e. The molecule has 158 valence electrons. The molecule has 0 saturated heterocycles. The molecule has 3 aromatic carbocycles. The zero-order chi connectivity index (χ0) is 23.2. The molecule has 0 fully saturated rings. The van der Waals surface area contributed by atoms with E-state index in [-0.39, 0.29) is 11.4 Å². The zero-order valence-corrected chi connectivity index (χ0v) is 18.5. The summed E-state index contributed by atoms with van der Waals surface area (Å²) in [6.45, 7) is 0. The van der Waals surface area contributed by atoms with E-state index in [0.717, 1.165) is 37.3 Å². The van der Waals surface area contributed by atoms with E-state index in [4.69, 9.17) is 4.42 Å². The molecule has 0 amide bonds. The summed E-state index contributed by atoms with van der Waals surface area (Å²) in [6.07, 6.45) is 1.75. The van der Waals surface area contributed by atoms with Crippen LogP contribution in [0.5, 0.6) is 0 Å². The summed E-state index contributed by atoms with van der Waals surface area (Å²) in [6, 6.07) is 29.2. The fourth-order valence-corrected chi connectivity index (χ4v) is 5.45. The van der Waals surface area contributed by atoms with E-state index in [0.29, 0.717) is 22.3 Å². The van der Waals surface area contributed by atoms with Crippen molar-refractivity contribution in [2.75, 3.05) is 0 Å². The Morgan fingerprint density at radius 2 is 1.56 bits per heavy atom. The summed E-state index contributed by atoms with van der Waals surface area (Å²) in [5.41, 5.74) is 3.57. The minimum absolute atomic E-state index is 0.0666. The van der Waals surface area contributed by atoms with Crippen molar-refractivity contribution < 1.29 is 9.21 Å². The second-order valence-electron chi connectivity index (χ2n) is 7.92. The average Bonchev–Trinajstić information content (AvgIpc) is 3.51. The Kier molecular flexibility index (Phi) is 4.52. The van der Waals surface area contributed by atoms with Crippen LogP contribution in [0, 0.1) is 22.7 Å². The molecule has 34 heavy (non-hydrogen) atoms. The minimum Gasteiger partial charge on any atom is -0.455 e. The Balaban J connectivity index is 1.46. The first kappa shape index (κ1) is 19.9. The van der Waals surface area contributed by atoms with Crippen molar-refractivity contribution in [2.24, 2.45) is 0 Å². The number of nitrogens with zero attached hydrogens (tertiary/aromatic N) is 2. The predicted octanol–water partition coefficient (Wildman–Crippen LogP) is 7.40. The molecule has 5 heteroatoms. The molecular formula is C29H14N2O2S. The Bertz CT molecular complexity index is 1750. The van der Waals surface area contributed by atoms with Gasteiger partial charge in [0, 0.05) is 33.2 Å². The highest BCUT2D eigenvalue weighted by molar-refractivity contribution is 7.19. The van der Waals surface area contributed by atoms with Gasteiger partial charge in [0.25, 0.3) is 0 Å². The summed E-state index contributed by atoms with van der Waals surface area (Å²) < 4.78 is 7.15. The quantitative estimate of drug-likeness (QED) is 0.206. The lowest BCUT2D eigenvalue weighted by molar-refractivity contribution is 0.104. The summed E-state index contributed by atoms with van der Waals surface area (Å²) in [5, 5.41) is 21.3. The molecule has 2 heterocycles. The lowest BCUT2D eigenvalue weighted by Crippen LogP contribution is -1.95. The van der Waals surface area contributed by atoms with Crippen molar-refractivity contribution in [1.82, 2.24) is 0 Å². The summed E-state index contributed by atoms with van der Waals surface area (Å²) >= 11 is 1.50. The topological polar surface area (TPSA) is 77.8 Å². The number of carbonyl (C=O) groups excluding carboxylic acids is 1. The number of carbonyl (C=O) groups is 1. The standard InChI is InChI=1S/C29H14N2O2S/c30-15-18(16-31)28-22-9-3-4-10-23(22)29(32)24(28)12-19-13-26-27(34-19)14-25(33-26)21-11-5-7-17-6-1-2-8-20(17)21/h1-14H/b24-12-. The van der Waals surface area contributed by atoms with Crippen LogP contribution in [-0.2, 0) is 0 Å². The van der Waals surface area contributed by atoms with E-state index in [2.05, 4.69) is 18.2 Å². The monoisotopic (exact) mass is 454 g/mol. The van der Waals surface area contributed by atoms with Crippen molar-refractivity contribution in [1.29, 1.82) is 10.5 Å². The van der Waals surface area contributed by atoms with Gasteiger partial charge in [0.15, 0.2) is 5.78 Å². The average molecular weight is 455 g/mol. The van der Waals surface area contributed by atoms with Crippen LogP contribution >= 0.6 is 11.3 Å². The lowest BCUT2D eigenvalue weighted by Gasteiger charge is -2.03. The molecule has 0 bridgehead atoms. The van der Waals surface area contributed by atoms with Gasteiger partial charge in [-0.1, -0.05) is 66.7 Å². The minimum atomic E-state index is -0.185. The molecule has 1 aliphatic rings. The molecule has 0 radical (unpaired) electrons. The maximum absolute atomic E-state index is 13.1. The first-order valence-corrected chi connectivity index (χ1v) is 11.4. The molecule has 5 aromatic rings. The van der Waals surface area contributed by atoms with Crippen LogP contribution in [-0.4, -0.2) is 5.78 Å². The first-order chi connectivity index (χ1) is 16.7. The van der Waals surface area contributed by atoms with E-state index < -0.39 is 0 Å². The fourth-order valence-electron chi connectivity index (χ4n) is 4.49. The molecule has 0 unspecified atom stereocenters. The highest BCUT2D eigenvalue weighted by atomic mass is 32.1. The van der Waals surface area contributed by atoms with Gasteiger partial charge in [-0.15, -0.1) is 11.3 Å². The van der Waals surface area contributed by atoms with Crippen molar-refractivity contribution in [2.45, 2.75) is 0 Å². The molecule has 0 spiro atoms. The zero-order valence-electron chi connectivity index (χ0n) is 17.7. The third-order valence-electron chi connectivity index (χ3n) is 6.00. The van der Waals surface area contributed by atoms with Gasteiger partial charge >= 0.3 is 0 Å². The molecule has 6 rings (SSSR count). The number of ketones is 1. The van der Waals surface area contributed by atoms with Crippen LogP contribution < -0.4 is 0 Å². The third-order valence-corrected chi connectivity index (χ3v) is 7.01. The Labute approximate surface area is 198 Å². The largest absolute Gasteiger partial charge is 0.455 e. The van der Waals surface area contributed by atoms with Gasteiger partial charge in [0.05, 0.1) is 4.70 Å². The summed E-state index contributed by atoms with van der Waals surface area (Å²) in [5.74, 6) is 0.605. The Hall–Kier alpha value is -4.71. The third kappa shape index (κ3) is 3.00. The van der Waals surface area contributed by atoms with Gasteiger partial charge in [-0.05, 0) is 28.5 Å². The molecule has 0 aliphatic heterocycles. The maximum Gasteiger partial charge on any atom is 0.194 e. The molecular weight excluding hydrogens is 440 g/mol. The highest BCUT2D eigenvalue weighted by Crippen LogP contribution is 2.42. The highest BCUT2D eigenvalue weighted by Gasteiger charge is 2.32. The van der Waals surface area contributed by atoms with Gasteiger partial charge in [-0.3, -0.25) is 4.79 Å². The van der Waals surface area contributed by atoms with Gasteiger partial charge in [0.1, 0.15) is 29.1 Å². The van der Waals surface area contributed by atoms with Crippen LogP contribution in [0.2, 0.25) is 0 Å². The number of nitriles is 2. The number of rotatable bonds is 2. The Morgan fingerprint density at radius 1 is 0.853 bits per heavy atom. The van der Waals surface area contributed by atoms with E-state index in [1.54, 1.807) is 30.3 Å². The Morgan fingerprint density at radius 3 is 2.35 bits per heavy atom. The predicted molar refractivity (Wildman–Crippen MR) is 134 cm³/mol. The van der Waals surface area contributed by atoms with Gasteiger partial charge in [-0.2, -0.15) is 10.5 Å². The van der Waals surface area contributed by atoms with E-state index in [1.807, 2.05) is 48.5 Å². The lowest BCUT2D eigenvalue weighted by atomic mass is 9.99. The molecule has 0 N–H and O–H groups in total. The maximum atomic E-state index is 13.1. The van der Waals surface area contributed by atoms with Crippen LogP contribution in [0.15, 0.2) is 94.4 Å². The molecule has 2 aromatic heterocycles. The van der Waals surface area contributed by atoms with E-state index >= 15 is 0 Å². The summed E-state index contributed by atoms with van der Waals surface area (Å²) in [4.78, 5) is 13.9. The van der Waals surface area contributed by atoms with Crippen molar-refractivity contribution >= 4 is 49.8 Å². The van der Waals surface area contributed by atoms with Crippen LogP contribution in [0.3, 0.4) is 0 Å². The molecule has 0 atom stereocenters.